The highest BCUT2D eigenvalue weighted by atomic mass is 15.2. The minimum Gasteiger partial charge on any atom is -0.344 e. The lowest BCUT2D eigenvalue weighted by Crippen LogP contribution is -2.34. The van der Waals surface area contributed by atoms with Gasteiger partial charge in [-0.2, -0.15) is 0 Å². The highest BCUT2D eigenvalue weighted by Gasteiger charge is 2.27. The number of amidine groups is 2. The normalized spacial score (nSPS) is 15.8. The van der Waals surface area contributed by atoms with Gasteiger partial charge in [-0.25, -0.2) is 9.98 Å². The van der Waals surface area contributed by atoms with Crippen LogP contribution in [-0.4, -0.2) is 20.8 Å². The number of rotatable bonds is 8. The maximum Gasteiger partial charge on any atom is 0.159 e. The number of hydrogen-bond donors (Lipinski definition) is 1. The maximum absolute atomic E-state index is 5.42. The van der Waals surface area contributed by atoms with Gasteiger partial charge < -0.3 is 14.5 Å². The predicted octanol–water partition coefficient (Wildman–Crippen LogP) is 15.3. The molecule has 0 bridgehead atoms. The molecule has 0 spiro atoms. The summed E-state index contributed by atoms with van der Waals surface area (Å²) in [5.41, 5.74) is 15.9. The summed E-state index contributed by atoms with van der Waals surface area (Å²) in [6.07, 6.45) is 9.49. The van der Waals surface area contributed by atoms with Gasteiger partial charge in [0, 0.05) is 49.8 Å². The Balaban J connectivity index is 1.06. The molecular formula is C63H45N5. The number of hydrogen-bond acceptors (Lipinski definition) is 3. The molecule has 5 nitrogen and oxygen atoms in total. The Labute approximate surface area is 395 Å². The van der Waals surface area contributed by atoms with E-state index in [1.807, 2.05) is 24.3 Å². The Morgan fingerprint density at radius 1 is 0.456 bits per heavy atom. The van der Waals surface area contributed by atoms with Gasteiger partial charge in [0.15, 0.2) is 5.84 Å². The van der Waals surface area contributed by atoms with Crippen LogP contribution >= 0.6 is 0 Å². The molecule has 9 aromatic carbocycles. The number of aromatic nitrogens is 2. The topological polar surface area (TPSA) is 46.6 Å². The zero-order chi connectivity index (χ0) is 45.0. The molecule has 68 heavy (non-hydrogen) atoms. The molecule has 322 valence electrons. The van der Waals surface area contributed by atoms with Crippen molar-refractivity contribution in [2.75, 3.05) is 0 Å². The molecule has 11 aromatic rings. The van der Waals surface area contributed by atoms with Crippen LogP contribution in [0.2, 0.25) is 0 Å². The first kappa shape index (κ1) is 39.6. The summed E-state index contributed by atoms with van der Waals surface area (Å²) in [5.74, 6) is 1.82. The third kappa shape index (κ3) is 6.70. The first-order valence-corrected chi connectivity index (χ1v) is 23.5. The molecule has 0 radical (unpaired) electrons. The molecule has 13 rings (SSSR count). The van der Waals surface area contributed by atoms with E-state index in [9.17, 15) is 0 Å². The van der Waals surface area contributed by atoms with Crippen LogP contribution in [0.4, 0.5) is 0 Å². The van der Waals surface area contributed by atoms with Crippen LogP contribution < -0.4 is 5.32 Å². The third-order valence-electron chi connectivity index (χ3n) is 13.7. The molecule has 2 aliphatic rings. The molecular weight excluding hydrogens is 827 g/mol. The number of nitrogens with one attached hydrogen (secondary N) is 1. The number of allylic oxidation sites excluding steroid dienone is 4. The fraction of sp³-hybridized carbons (Fsp3) is 0.0476. The zero-order valence-corrected chi connectivity index (χ0v) is 37.2. The maximum atomic E-state index is 5.42. The summed E-state index contributed by atoms with van der Waals surface area (Å²) < 4.78 is 4.92. The van der Waals surface area contributed by atoms with Crippen molar-refractivity contribution >= 4 is 55.3 Å². The SMILES string of the molecule is C1=CCC(c2ccc3c4c(-c5cccc6c5c5ccccc5n6-c5cc(-c6ccccc6)ccc5C5N=C(c6ccccc6)N=C(c6ccccc6)N5)cccc4n(-c4ccccc4)c3c2)C=C1. The van der Waals surface area contributed by atoms with Crippen molar-refractivity contribution in [3.63, 3.8) is 0 Å². The Hall–Kier alpha value is -8.80. The van der Waals surface area contributed by atoms with E-state index in [1.54, 1.807) is 0 Å². The number of para-hydroxylation sites is 2. The summed E-state index contributed by atoms with van der Waals surface area (Å²) in [4.78, 5) is 10.6. The van der Waals surface area contributed by atoms with E-state index in [-0.39, 0.29) is 0 Å². The molecule has 2 unspecified atom stereocenters. The number of fused-ring (bicyclic) bond motifs is 6. The van der Waals surface area contributed by atoms with Crippen molar-refractivity contribution in [3.8, 4) is 33.6 Å². The molecule has 1 aliphatic carbocycles. The minimum atomic E-state index is -0.444. The zero-order valence-electron chi connectivity index (χ0n) is 37.2. The van der Waals surface area contributed by atoms with E-state index < -0.39 is 6.17 Å². The van der Waals surface area contributed by atoms with Gasteiger partial charge in [0.1, 0.15) is 12.0 Å². The molecule has 0 saturated carbocycles. The van der Waals surface area contributed by atoms with E-state index in [0.717, 1.165) is 62.5 Å². The second-order valence-corrected chi connectivity index (χ2v) is 17.7. The van der Waals surface area contributed by atoms with E-state index >= 15 is 0 Å². The largest absolute Gasteiger partial charge is 0.344 e. The second-order valence-electron chi connectivity index (χ2n) is 17.7. The Bertz CT molecular complexity index is 3840. The summed E-state index contributed by atoms with van der Waals surface area (Å²) in [5, 5.41) is 8.68. The van der Waals surface area contributed by atoms with E-state index in [1.165, 1.54) is 49.3 Å². The number of benzene rings is 9. The van der Waals surface area contributed by atoms with Crippen molar-refractivity contribution in [2.45, 2.75) is 18.5 Å². The molecule has 0 saturated heterocycles. The van der Waals surface area contributed by atoms with E-state index in [2.05, 4.69) is 233 Å². The van der Waals surface area contributed by atoms with Crippen molar-refractivity contribution in [3.05, 3.63) is 265 Å². The molecule has 2 atom stereocenters. The van der Waals surface area contributed by atoms with Crippen molar-refractivity contribution in [1.29, 1.82) is 0 Å². The Kier molecular flexibility index (Phi) is 9.64. The lowest BCUT2D eigenvalue weighted by atomic mass is 9.91. The van der Waals surface area contributed by atoms with Gasteiger partial charge >= 0.3 is 0 Å². The molecule has 5 heteroatoms. The van der Waals surface area contributed by atoms with Crippen LogP contribution in [-0.2, 0) is 0 Å². The van der Waals surface area contributed by atoms with Crippen LogP contribution in [0.25, 0.3) is 77.2 Å². The molecule has 0 fully saturated rings. The van der Waals surface area contributed by atoms with Crippen LogP contribution in [0, 0.1) is 0 Å². The van der Waals surface area contributed by atoms with Gasteiger partial charge in [-0.05, 0) is 76.7 Å². The summed E-state index contributed by atoms with van der Waals surface area (Å²) in [6.45, 7) is 0. The van der Waals surface area contributed by atoms with Crippen molar-refractivity contribution < 1.29 is 0 Å². The molecule has 3 heterocycles. The standard InChI is InChI=1S/C63H45N5/c1-6-20-42(21-7-1)46-36-38-52-57(40-46)67(48-28-14-5-15-29-48)55-34-18-31-50(60(52)55)49-32-19-35-56-59(49)51-30-16-17-33-54(51)68(56)58-41-47(43-22-8-2-9-23-43)37-39-53(58)63-65-61(44-24-10-3-11-25-44)64-62(66-63)45-26-12-4-13-27-45/h1-20,22-42,63H,21H2,(H,64,65,66). The van der Waals surface area contributed by atoms with E-state index in [0.29, 0.717) is 11.8 Å². The van der Waals surface area contributed by atoms with Gasteiger partial charge in [-0.3, -0.25) is 0 Å². The highest BCUT2D eigenvalue weighted by Crippen LogP contribution is 2.45. The van der Waals surface area contributed by atoms with Gasteiger partial charge in [0.05, 0.1) is 27.8 Å². The first-order chi connectivity index (χ1) is 33.7. The molecule has 0 amide bonds. The molecule has 2 aromatic heterocycles. The van der Waals surface area contributed by atoms with Crippen molar-refractivity contribution in [1.82, 2.24) is 14.5 Å². The lowest BCUT2D eigenvalue weighted by molar-refractivity contribution is 0.671. The minimum absolute atomic E-state index is 0.341. The van der Waals surface area contributed by atoms with Gasteiger partial charge in [-0.1, -0.05) is 200 Å². The average molecular weight is 872 g/mol. The number of nitrogens with zero attached hydrogens (tertiary/aromatic N) is 4. The third-order valence-corrected chi connectivity index (χ3v) is 13.7. The molecule has 1 N–H and O–H groups in total. The monoisotopic (exact) mass is 871 g/mol. The first-order valence-electron chi connectivity index (χ1n) is 23.5. The Morgan fingerprint density at radius 2 is 1.07 bits per heavy atom. The van der Waals surface area contributed by atoms with Crippen molar-refractivity contribution in [2.24, 2.45) is 9.98 Å². The quantitative estimate of drug-likeness (QED) is 0.162. The van der Waals surface area contributed by atoms with Crippen LogP contribution in [0.1, 0.15) is 40.8 Å². The fourth-order valence-corrected chi connectivity index (χ4v) is 10.6. The van der Waals surface area contributed by atoms with Crippen LogP contribution in [0.3, 0.4) is 0 Å². The summed E-state index contributed by atoms with van der Waals surface area (Å²) >= 11 is 0. The molecule has 1 aliphatic heterocycles. The van der Waals surface area contributed by atoms with Gasteiger partial charge in [0.25, 0.3) is 0 Å². The fourth-order valence-electron chi connectivity index (χ4n) is 10.6. The summed E-state index contributed by atoms with van der Waals surface area (Å²) in [6, 6.07) is 78.7. The Morgan fingerprint density at radius 3 is 1.78 bits per heavy atom. The van der Waals surface area contributed by atoms with Gasteiger partial charge in [0.2, 0.25) is 0 Å². The average Bonchev–Trinajstić information content (AvgIpc) is 3.95. The van der Waals surface area contributed by atoms with Crippen LogP contribution in [0.15, 0.2) is 253 Å². The smallest absolute Gasteiger partial charge is 0.159 e. The number of aliphatic imine (C=N–C) groups is 2. The van der Waals surface area contributed by atoms with Crippen LogP contribution in [0.5, 0.6) is 0 Å². The summed E-state index contributed by atoms with van der Waals surface area (Å²) in [7, 11) is 0. The lowest BCUT2D eigenvalue weighted by Gasteiger charge is -2.26. The van der Waals surface area contributed by atoms with Gasteiger partial charge in [-0.15, -0.1) is 0 Å². The predicted molar refractivity (Wildman–Crippen MR) is 283 cm³/mol. The second kappa shape index (κ2) is 16.6. The van der Waals surface area contributed by atoms with E-state index in [4.69, 9.17) is 9.98 Å². The highest BCUT2D eigenvalue weighted by molar-refractivity contribution is 6.22.